The van der Waals surface area contributed by atoms with Gasteiger partial charge in [0.25, 0.3) is 0 Å². The van der Waals surface area contributed by atoms with Crippen molar-refractivity contribution < 1.29 is 5.11 Å². The van der Waals surface area contributed by atoms with Crippen LogP contribution in [0.3, 0.4) is 0 Å². The van der Waals surface area contributed by atoms with Gasteiger partial charge in [0.2, 0.25) is 0 Å². The highest BCUT2D eigenvalue weighted by Crippen LogP contribution is 2.23. The predicted octanol–water partition coefficient (Wildman–Crippen LogP) is 3.26. The van der Waals surface area contributed by atoms with Gasteiger partial charge in [0.05, 0.1) is 6.61 Å². The molecule has 2 aromatic rings. The van der Waals surface area contributed by atoms with E-state index >= 15 is 0 Å². The van der Waals surface area contributed by atoms with Crippen molar-refractivity contribution in [3.8, 4) is 0 Å². The maximum Gasteiger partial charge on any atom is 0.0701 e. The van der Waals surface area contributed by atoms with Crippen molar-refractivity contribution in [3.05, 3.63) is 60.2 Å². The van der Waals surface area contributed by atoms with Crippen molar-refractivity contribution in [1.82, 2.24) is 0 Å². The van der Waals surface area contributed by atoms with Crippen molar-refractivity contribution in [2.45, 2.75) is 25.5 Å². The SMILES string of the molecule is OCc1ccccc1NC1CCN(c2ccccc2)CC1. The van der Waals surface area contributed by atoms with E-state index in [0.717, 1.165) is 37.2 Å². The molecule has 21 heavy (non-hydrogen) atoms. The number of benzene rings is 2. The summed E-state index contributed by atoms with van der Waals surface area (Å²) in [6.45, 7) is 2.23. The van der Waals surface area contributed by atoms with Gasteiger partial charge in [-0.15, -0.1) is 0 Å². The van der Waals surface area contributed by atoms with Crippen molar-refractivity contribution >= 4 is 11.4 Å². The van der Waals surface area contributed by atoms with Crippen LogP contribution in [0.1, 0.15) is 18.4 Å². The standard InChI is InChI=1S/C18H22N2O/c21-14-15-6-4-5-9-18(15)19-16-10-12-20(13-11-16)17-7-2-1-3-8-17/h1-9,16,19,21H,10-14H2. The number of piperidine rings is 1. The topological polar surface area (TPSA) is 35.5 Å². The first kappa shape index (κ1) is 14.0. The van der Waals surface area contributed by atoms with E-state index in [2.05, 4.69) is 46.6 Å². The maximum absolute atomic E-state index is 9.39. The number of hydrogen-bond donors (Lipinski definition) is 2. The molecule has 0 atom stereocenters. The fourth-order valence-electron chi connectivity index (χ4n) is 2.94. The maximum atomic E-state index is 9.39. The fourth-order valence-corrected chi connectivity index (χ4v) is 2.94. The average Bonchev–Trinajstić information content (AvgIpc) is 2.57. The van der Waals surface area contributed by atoms with Crippen LogP contribution in [0.5, 0.6) is 0 Å². The molecule has 0 unspecified atom stereocenters. The zero-order valence-electron chi connectivity index (χ0n) is 12.2. The molecule has 3 rings (SSSR count). The minimum atomic E-state index is 0.0893. The van der Waals surface area contributed by atoms with E-state index in [9.17, 15) is 5.11 Å². The second-order valence-electron chi connectivity index (χ2n) is 5.56. The molecule has 0 amide bonds. The highest BCUT2D eigenvalue weighted by Gasteiger charge is 2.19. The Balaban J connectivity index is 1.59. The molecule has 0 bridgehead atoms. The minimum absolute atomic E-state index is 0.0893. The van der Waals surface area contributed by atoms with Gasteiger partial charge in [-0.3, -0.25) is 0 Å². The van der Waals surface area contributed by atoms with Gasteiger partial charge in [-0.25, -0.2) is 0 Å². The van der Waals surface area contributed by atoms with Crippen LogP contribution in [0.4, 0.5) is 11.4 Å². The molecule has 2 N–H and O–H groups in total. The molecule has 0 aromatic heterocycles. The third-order valence-corrected chi connectivity index (χ3v) is 4.16. The van der Waals surface area contributed by atoms with Gasteiger partial charge >= 0.3 is 0 Å². The second kappa shape index (κ2) is 6.64. The summed E-state index contributed by atoms with van der Waals surface area (Å²) in [7, 11) is 0. The molecule has 2 aromatic carbocycles. The summed E-state index contributed by atoms with van der Waals surface area (Å²) in [6, 6.07) is 19.1. The Labute approximate surface area is 126 Å². The second-order valence-corrected chi connectivity index (χ2v) is 5.56. The van der Waals surface area contributed by atoms with Crippen LogP contribution in [0.2, 0.25) is 0 Å². The van der Waals surface area contributed by atoms with E-state index in [0.29, 0.717) is 6.04 Å². The Hall–Kier alpha value is -2.00. The lowest BCUT2D eigenvalue weighted by molar-refractivity contribution is 0.282. The van der Waals surface area contributed by atoms with Crippen molar-refractivity contribution in [2.75, 3.05) is 23.3 Å². The Morgan fingerprint density at radius 1 is 0.952 bits per heavy atom. The quantitative estimate of drug-likeness (QED) is 0.903. The van der Waals surface area contributed by atoms with E-state index in [1.807, 2.05) is 18.2 Å². The summed E-state index contributed by atoms with van der Waals surface area (Å²) in [4.78, 5) is 2.44. The lowest BCUT2D eigenvalue weighted by Gasteiger charge is -2.34. The Morgan fingerprint density at radius 3 is 2.33 bits per heavy atom. The Kier molecular flexibility index (Phi) is 4.41. The average molecular weight is 282 g/mol. The van der Waals surface area contributed by atoms with Crippen molar-refractivity contribution in [3.63, 3.8) is 0 Å². The molecule has 1 aliphatic heterocycles. The van der Waals surface area contributed by atoms with Gasteiger partial charge in [-0.05, 0) is 31.0 Å². The van der Waals surface area contributed by atoms with E-state index in [4.69, 9.17) is 0 Å². The normalized spacial score (nSPS) is 16.0. The molecule has 0 spiro atoms. The number of hydrogen-bond acceptors (Lipinski definition) is 3. The molecule has 3 nitrogen and oxygen atoms in total. The van der Waals surface area contributed by atoms with Gasteiger partial charge in [-0.1, -0.05) is 36.4 Å². The highest BCUT2D eigenvalue weighted by molar-refractivity contribution is 5.52. The van der Waals surface area contributed by atoms with Gasteiger partial charge in [0.15, 0.2) is 0 Å². The smallest absolute Gasteiger partial charge is 0.0701 e. The largest absolute Gasteiger partial charge is 0.392 e. The number of para-hydroxylation sites is 2. The number of anilines is 2. The van der Waals surface area contributed by atoms with Crippen molar-refractivity contribution in [1.29, 1.82) is 0 Å². The van der Waals surface area contributed by atoms with Crippen LogP contribution >= 0.6 is 0 Å². The van der Waals surface area contributed by atoms with Gasteiger partial charge in [0, 0.05) is 36.1 Å². The number of aliphatic hydroxyl groups excluding tert-OH is 1. The summed E-state index contributed by atoms with van der Waals surface area (Å²) in [6.07, 6.45) is 2.24. The van der Waals surface area contributed by atoms with Crippen LogP contribution in [0.15, 0.2) is 54.6 Å². The molecule has 3 heteroatoms. The molecular formula is C18H22N2O. The molecule has 110 valence electrons. The first-order valence-corrected chi connectivity index (χ1v) is 7.62. The lowest BCUT2D eigenvalue weighted by atomic mass is 10.0. The number of rotatable bonds is 4. The summed E-state index contributed by atoms with van der Waals surface area (Å²) < 4.78 is 0. The minimum Gasteiger partial charge on any atom is -0.392 e. The molecule has 0 aliphatic carbocycles. The molecule has 1 heterocycles. The summed E-state index contributed by atoms with van der Waals surface area (Å²) in [5.74, 6) is 0. The molecule has 1 aliphatic rings. The first-order valence-electron chi connectivity index (χ1n) is 7.62. The van der Waals surface area contributed by atoms with Crippen LogP contribution in [-0.4, -0.2) is 24.2 Å². The van der Waals surface area contributed by atoms with Crippen LogP contribution in [-0.2, 0) is 6.61 Å². The highest BCUT2D eigenvalue weighted by atomic mass is 16.3. The van der Waals surface area contributed by atoms with E-state index in [1.165, 1.54) is 5.69 Å². The molecule has 0 saturated carbocycles. The monoisotopic (exact) mass is 282 g/mol. The first-order chi connectivity index (χ1) is 10.4. The summed E-state index contributed by atoms with van der Waals surface area (Å²) >= 11 is 0. The Morgan fingerprint density at radius 2 is 1.62 bits per heavy atom. The molecule has 0 radical (unpaired) electrons. The van der Waals surface area contributed by atoms with Crippen LogP contribution in [0.25, 0.3) is 0 Å². The van der Waals surface area contributed by atoms with E-state index in [-0.39, 0.29) is 6.61 Å². The zero-order chi connectivity index (χ0) is 14.5. The summed E-state index contributed by atoms with van der Waals surface area (Å²) in [5.41, 5.74) is 3.35. The lowest BCUT2D eigenvalue weighted by Crippen LogP contribution is -2.39. The Bertz CT molecular complexity index is 562. The predicted molar refractivity (Wildman–Crippen MR) is 87.7 cm³/mol. The third-order valence-electron chi connectivity index (χ3n) is 4.16. The third kappa shape index (κ3) is 3.37. The van der Waals surface area contributed by atoms with Crippen molar-refractivity contribution in [2.24, 2.45) is 0 Å². The van der Waals surface area contributed by atoms with E-state index < -0.39 is 0 Å². The number of aliphatic hydroxyl groups is 1. The van der Waals surface area contributed by atoms with Crippen LogP contribution in [0, 0.1) is 0 Å². The van der Waals surface area contributed by atoms with Gasteiger partial charge in [0.1, 0.15) is 0 Å². The molecular weight excluding hydrogens is 260 g/mol. The molecule has 1 fully saturated rings. The van der Waals surface area contributed by atoms with Gasteiger partial charge in [-0.2, -0.15) is 0 Å². The van der Waals surface area contributed by atoms with Crippen LogP contribution < -0.4 is 10.2 Å². The number of nitrogens with one attached hydrogen (secondary N) is 1. The van der Waals surface area contributed by atoms with Gasteiger partial charge < -0.3 is 15.3 Å². The fraction of sp³-hybridized carbons (Fsp3) is 0.333. The van der Waals surface area contributed by atoms with E-state index in [1.54, 1.807) is 0 Å². The molecule has 1 saturated heterocycles. The zero-order valence-corrected chi connectivity index (χ0v) is 12.2. The number of nitrogens with zero attached hydrogens (tertiary/aromatic N) is 1. The summed E-state index contributed by atoms with van der Waals surface area (Å²) in [5, 5.41) is 13.0.